The van der Waals surface area contributed by atoms with Gasteiger partial charge in [-0.25, -0.2) is 0 Å². The van der Waals surface area contributed by atoms with Crippen molar-refractivity contribution in [2.45, 2.75) is 6.92 Å². The Morgan fingerprint density at radius 2 is 2.18 bits per heavy atom. The van der Waals surface area contributed by atoms with Gasteiger partial charge in [0, 0.05) is 19.3 Å². The summed E-state index contributed by atoms with van der Waals surface area (Å²) in [7, 11) is 3.35. The van der Waals surface area contributed by atoms with E-state index in [1.165, 1.54) is 0 Å². The predicted molar refractivity (Wildman–Crippen MR) is 85.0 cm³/mol. The molecule has 22 heavy (non-hydrogen) atoms. The molecule has 1 aromatic carbocycles. The quantitative estimate of drug-likeness (QED) is 0.890. The minimum Gasteiger partial charge on any atom is -0.493 e. The molecule has 0 spiro atoms. The van der Waals surface area contributed by atoms with E-state index in [-0.39, 0.29) is 12.5 Å². The van der Waals surface area contributed by atoms with E-state index in [2.05, 4.69) is 10.4 Å². The van der Waals surface area contributed by atoms with Crippen molar-refractivity contribution < 1.29 is 14.3 Å². The summed E-state index contributed by atoms with van der Waals surface area (Å²) >= 11 is 0. The van der Waals surface area contributed by atoms with Gasteiger partial charge in [0.1, 0.15) is 0 Å². The van der Waals surface area contributed by atoms with E-state index in [1.807, 2.05) is 31.2 Å². The third kappa shape index (κ3) is 4.12. The number of methoxy groups -OCH3 is 1. The normalized spacial score (nSPS) is 10.7. The van der Waals surface area contributed by atoms with Gasteiger partial charge in [-0.2, -0.15) is 5.10 Å². The Kier molecular flexibility index (Phi) is 5.19. The highest BCUT2D eigenvalue weighted by Gasteiger charge is 2.09. The lowest BCUT2D eigenvalue weighted by molar-refractivity contribution is -0.118. The second kappa shape index (κ2) is 7.31. The van der Waals surface area contributed by atoms with E-state index in [1.54, 1.807) is 37.2 Å². The molecule has 2 rings (SSSR count). The van der Waals surface area contributed by atoms with E-state index < -0.39 is 0 Å². The topological polar surface area (TPSA) is 65.4 Å². The van der Waals surface area contributed by atoms with E-state index in [9.17, 15) is 4.79 Å². The summed E-state index contributed by atoms with van der Waals surface area (Å²) in [6, 6.07) is 7.24. The molecule has 0 radical (unpaired) electrons. The summed E-state index contributed by atoms with van der Waals surface area (Å²) in [6.07, 6.45) is 5.65. The molecular formula is C16H19N3O3. The maximum Gasteiger partial charge on any atom is 0.263 e. The number of hydrogen-bond donors (Lipinski definition) is 1. The van der Waals surface area contributed by atoms with E-state index in [4.69, 9.17) is 9.47 Å². The summed E-state index contributed by atoms with van der Waals surface area (Å²) < 4.78 is 12.4. The van der Waals surface area contributed by atoms with Crippen molar-refractivity contribution >= 4 is 17.8 Å². The van der Waals surface area contributed by atoms with Gasteiger partial charge in [-0.1, -0.05) is 18.2 Å². The van der Waals surface area contributed by atoms with E-state index in [0.29, 0.717) is 17.3 Å². The van der Waals surface area contributed by atoms with Gasteiger partial charge in [0.05, 0.1) is 7.11 Å². The number of carbonyl (C=O) groups is 1. The van der Waals surface area contributed by atoms with Gasteiger partial charge < -0.3 is 14.8 Å². The molecule has 1 N–H and O–H groups in total. The first-order valence-electron chi connectivity index (χ1n) is 6.85. The molecule has 1 heterocycles. The highest BCUT2D eigenvalue weighted by atomic mass is 16.5. The van der Waals surface area contributed by atoms with Crippen molar-refractivity contribution in [3.8, 4) is 11.5 Å². The summed E-state index contributed by atoms with van der Waals surface area (Å²) in [5.74, 6) is 1.32. The van der Waals surface area contributed by atoms with Crippen LogP contribution in [0.25, 0.3) is 6.08 Å². The lowest BCUT2D eigenvalue weighted by atomic mass is 10.2. The number of nitrogens with zero attached hydrogens (tertiary/aromatic N) is 2. The van der Waals surface area contributed by atoms with Gasteiger partial charge in [0.2, 0.25) is 0 Å². The molecule has 0 unspecified atom stereocenters. The molecule has 0 atom stereocenters. The number of nitrogens with one attached hydrogen (secondary N) is 1. The van der Waals surface area contributed by atoms with Gasteiger partial charge in [0.15, 0.2) is 23.9 Å². The molecule has 0 bridgehead atoms. The van der Waals surface area contributed by atoms with Crippen LogP contribution in [0.4, 0.5) is 5.82 Å². The Labute approximate surface area is 129 Å². The second-order valence-electron chi connectivity index (χ2n) is 4.62. The highest BCUT2D eigenvalue weighted by molar-refractivity contribution is 5.90. The number of carbonyl (C=O) groups excluding carboxylic acids is 1. The minimum atomic E-state index is -0.279. The number of rotatable bonds is 6. The van der Waals surface area contributed by atoms with Crippen LogP contribution < -0.4 is 14.8 Å². The van der Waals surface area contributed by atoms with Gasteiger partial charge in [-0.15, -0.1) is 0 Å². The predicted octanol–water partition coefficient (Wildman–Crippen LogP) is 2.48. The fourth-order valence-electron chi connectivity index (χ4n) is 1.90. The van der Waals surface area contributed by atoms with Crippen molar-refractivity contribution in [3.63, 3.8) is 0 Å². The lowest BCUT2D eigenvalue weighted by Gasteiger charge is -2.11. The average molecular weight is 301 g/mol. The van der Waals surface area contributed by atoms with Crippen LogP contribution in [0, 0.1) is 0 Å². The number of benzene rings is 1. The number of allylic oxidation sites excluding steroid dienone is 1. The van der Waals surface area contributed by atoms with Crippen LogP contribution in [0.15, 0.2) is 36.5 Å². The number of hydrogen-bond acceptors (Lipinski definition) is 4. The number of anilines is 1. The molecule has 0 aliphatic rings. The number of aromatic nitrogens is 2. The van der Waals surface area contributed by atoms with Crippen molar-refractivity contribution in [1.29, 1.82) is 0 Å². The zero-order valence-electron chi connectivity index (χ0n) is 12.9. The third-order valence-corrected chi connectivity index (χ3v) is 2.89. The Morgan fingerprint density at radius 3 is 2.82 bits per heavy atom. The number of ether oxygens (including phenoxy) is 2. The van der Waals surface area contributed by atoms with Gasteiger partial charge >= 0.3 is 0 Å². The molecule has 0 aliphatic carbocycles. The van der Waals surface area contributed by atoms with Crippen molar-refractivity contribution in [2.75, 3.05) is 19.0 Å². The first kappa shape index (κ1) is 15.6. The monoisotopic (exact) mass is 301 g/mol. The molecule has 1 aromatic heterocycles. The van der Waals surface area contributed by atoms with Crippen LogP contribution >= 0.6 is 0 Å². The van der Waals surface area contributed by atoms with E-state index >= 15 is 0 Å². The molecule has 0 fully saturated rings. The van der Waals surface area contributed by atoms with Crippen LogP contribution in [0.2, 0.25) is 0 Å². The molecule has 0 saturated carbocycles. The summed E-state index contributed by atoms with van der Waals surface area (Å²) in [6.45, 7) is 1.83. The van der Waals surface area contributed by atoms with Crippen molar-refractivity contribution in [2.24, 2.45) is 7.05 Å². The zero-order valence-corrected chi connectivity index (χ0v) is 12.9. The molecule has 0 saturated heterocycles. The van der Waals surface area contributed by atoms with Crippen LogP contribution in [-0.2, 0) is 11.8 Å². The lowest BCUT2D eigenvalue weighted by Crippen LogP contribution is -2.20. The fraction of sp³-hybridized carbons (Fsp3) is 0.250. The van der Waals surface area contributed by atoms with Gasteiger partial charge in [-0.3, -0.25) is 9.48 Å². The molecule has 6 heteroatoms. The van der Waals surface area contributed by atoms with Crippen LogP contribution in [0.3, 0.4) is 0 Å². The SMILES string of the molecule is C/C=C/c1ccc(OCC(=O)Nc2ccn(C)n2)c(OC)c1. The second-order valence-corrected chi connectivity index (χ2v) is 4.62. The van der Waals surface area contributed by atoms with Crippen LogP contribution in [0.5, 0.6) is 11.5 Å². The van der Waals surface area contributed by atoms with E-state index in [0.717, 1.165) is 5.56 Å². The largest absolute Gasteiger partial charge is 0.493 e. The number of amides is 1. The van der Waals surface area contributed by atoms with Crippen LogP contribution in [0.1, 0.15) is 12.5 Å². The first-order valence-corrected chi connectivity index (χ1v) is 6.85. The molecule has 6 nitrogen and oxygen atoms in total. The first-order chi connectivity index (χ1) is 10.6. The molecular weight excluding hydrogens is 282 g/mol. The highest BCUT2D eigenvalue weighted by Crippen LogP contribution is 2.28. The standard InChI is InChI=1S/C16H19N3O3/c1-4-5-12-6-7-13(14(10-12)21-3)22-11-16(20)17-15-8-9-19(2)18-15/h4-10H,11H2,1-3H3,(H,17,18,20)/b5-4+. The zero-order chi connectivity index (χ0) is 15.9. The molecule has 1 amide bonds. The number of aryl methyl sites for hydroxylation is 1. The third-order valence-electron chi connectivity index (χ3n) is 2.89. The molecule has 0 aliphatic heterocycles. The smallest absolute Gasteiger partial charge is 0.263 e. The van der Waals surface area contributed by atoms with Crippen molar-refractivity contribution in [3.05, 3.63) is 42.1 Å². The van der Waals surface area contributed by atoms with Gasteiger partial charge in [0.25, 0.3) is 5.91 Å². The Bertz CT molecular complexity index is 677. The Morgan fingerprint density at radius 1 is 1.36 bits per heavy atom. The van der Waals surface area contributed by atoms with Crippen LogP contribution in [-0.4, -0.2) is 29.4 Å². The molecule has 116 valence electrons. The Hall–Kier alpha value is -2.76. The summed E-state index contributed by atoms with van der Waals surface area (Å²) in [5.41, 5.74) is 1.00. The maximum atomic E-state index is 11.8. The Balaban J connectivity index is 1.97. The fourth-order valence-corrected chi connectivity index (χ4v) is 1.90. The van der Waals surface area contributed by atoms with Gasteiger partial charge in [-0.05, 0) is 24.6 Å². The molecule has 2 aromatic rings. The average Bonchev–Trinajstić information content (AvgIpc) is 2.91. The van der Waals surface area contributed by atoms with Crippen molar-refractivity contribution in [1.82, 2.24) is 9.78 Å². The maximum absolute atomic E-state index is 11.8. The summed E-state index contributed by atoms with van der Waals surface area (Å²) in [5, 5.41) is 6.72. The minimum absolute atomic E-state index is 0.115. The summed E-state index contributed by atoms with van der Waals surface area (Å²) in [4.78, 5) is 11.8.